The zero-order chi connectivity index (χ0) is 16.9. The summed E-state index contributed by atoms with van der Waals surface area (Å²) in [6, 6.07) is 1.63. The Balaban J connectivity index is 1.47. The summed E-state index contributed by atoms with van der Waals surface area (Å²) in [7, 11) is 1.64. The fourth-order valence-electron chi connectivity index (χ4n) is 3.13. The first-order valence-corrected chi connectivity index (χ1v) is 8.56. The lowest BCUT2D eigenvalue weighted by atomic mass is 10.2. The van der Waals surface area contributed by atoms with Crippen LogP contribution in [0.1, 0.15) is 19.3 Å². The molecule has 0 aliphatic carbocycles. The van der Waals surface area contributed by atoms with Crippen LogP contribution in [0.25, 0.3) is 0 Å². The van der Waals surface area contributed by atoms with Crippen LogP contribution in [-0.4, -0.2) is 66.1 Å². The number of likely N-dealkylation sites (tertiary alicyclic amines) is 1. The summed E-state index contributed by atoms with van der Waals surface area (Å²) in [5.41, 5.74) is 0.709. The number of ether oxygens (including phenoxy) is 1. The molecule has 1 atom stereocenters. The Bertz CT molecular complexity index is 626. The van der Waals surface area contributed by atoms with E-state index in [1.54, 1.807) is 19.3 Å². The van der Waals surface area contributed by atoms with Gasteiger partial charge >= 0.3 is 6.03 Å². The molecule has 1 N–H and O–H groups in total. The molecule has 2 saturated heterocycles. The zero-order valence-electron chi connectivity index (χ0n) is 14.1. The van der Waals surface area contributed by atoms with Gasteiger partial charge < -0.3 is 19.9 Å². The van der Waals surface area contributed by atoms with Crippen molar-refractivity contribution in [2.75, 3.05) is 44.2 Å². The van der Waals surface area contributed by atoms with E-state index in [4.69, 9.17) is 4.74 Å². The van der Waals surface area contributed by atoms with Gasteiger partial charge in [0.05, 0.1) is 24.6 Å². The topological polar surface area (TPSA) is 79.7 Å². The Labute approximate surface area is 141 Å². The number of hydrogen-bond acceptors (Lipinski definition) is 5. The first kappa shape index (κ1) is 16.8. The Hall–Kier alpha value is -2.09. The molecule has 3 heterocycles. The molecule has 1 aromatic rings. The normalized spacial score (nSPS) is 21.1. The highest BCUT2D eigenvalue weighted by molar-refractivity contribution is 5.74. The molecule has 0 aromatic carbocycles. The summed E-state index contributed by atoms with van der Waals surface area (Å²) in [6.07, 6.45) is 4.70. The van der Waals surface area contributed by atoms with Crippen LogP contribution in [0, 0.1) is 0 Å². The quantitative estimate of drug-likeness (QED) is 0.849. The Morgan fingerprint density at radius 1 is 1.38 bits per heavy atom. The minimum Gasteiger partial charge on any atom is -0.374 e. The van der Waals surface area contributed by atoms with Crippen LogP contribution in [0.2, 0.25) is 0 Å². The second kappa shape index (κ2) is 7.65. The molecule has 0 unspecified atom stereocenters. The third-order valence-corrected chi connectivity index (χ3v) is 4.59. The molecule has 0 bridgehead atoms. The van der Waals surface area contributed by atoms with Crippen LogP contribution >= 0.6 is 0 Å². The predicted molar refractivity (Wildman–Crippen MR) is 90.3 cm³/mol. The molecule has 1 aromatic heterocycles. The van der Waals surface area contributed by atoms with Crippen LogP contribution < -0.4 is 15.8 Å². The first-order valence-electron chi connectivity index (χ1n) is 8.56. The molecule has 24 heavy (non-hydrogen) atoms. The van der Waals surface area contributed by atoms with E-state index >= 15 is 0 Å². The summed E-state index contributed by atoms with van der Waals surface area (Å²) < 4.78 is 7.10. The van der Waals surface area contributed by atoms with E-state index in [1.165, 1.54) is 4.68 Å². The molecule has 8 nitrogen and oxygen atoms in total. The molecule has 2 amide bonds. The molecule has 2 aliphatic heterocycles. The van der Waals surface area contributed by atoms with Crippen LogP contribution in [0.4, 0.5) is 10.5 Å². The molecular formula is C16H25N5O3. The van der Waals surface area contributed by atoms with Gasteiger partial charge in [0.1, 0.15) is 0 Å². The maximum atomic E-state index is 12.0. The molecule has 0 spiro atoms. The summed E-state index contributed by atoms with van der Waals surface area (Å²) >= 11 is 0. The number of aryl methyl sites for hydroxylation is 1. The standard InChI is InChI=1S/C16H25N5O3/c1-19-15(22)10-13(11-18-19)21-8-9-24-14(12-21)4-5-17-16(23)20-6-2-3-7-20/h10-11,14H,2-9,12H2,1H3,(H,17,23)/t14-/m1/s1. The van der Waals surface area contributed by atoms with Crippen LogP contribution in [0.3, 0.4) is 0 Å². The van der Waals surface area contributed by atoms with E-state index in [1.807, 2.05) is 4.90 Å². The van der Waals surface area contributed by atoms with Crippen molar-refractivity contribution in [1.29, 1.82) is 0 Å². The van der Waals surface area contributed by atoms with E-state index in [-0.39, 0.29) is 17.7 Å². The number of urea groups is 1. The van der Waals surface area contributed by atoms with E-state index in [2.05, 4.69) is 15.3 Å². The van der Waals surface area contributed by atoms with Gasteiger partial charge in [-0.1, -0.05) is 0 Å². The Morgan fingerprint density at radius 2 is 2.17 bits per heavy atom. The number of anilines is 1. The molecule has 3 rings (SSSR count). The summed E-state index contributed by atoms with van der Waals surface area (Å²) in [5.74, 6) is 0. The van der Waals surface area contributed by atoms with Crippen molar-refractivity contribution in [3.63, 3.8) is 0 Å². The minimum atomic E-state index is -0.117. The van der Waals surface area contributed by atoms with Crippen molar-refractivity contribution in [3.8, 4) is 0 Å². The maximum Gasteiger partial charge on any atom is 0.317 e. The molecule has 2 fully saturated rings. The smallest absolute Gasteiger partial charge is 0.317 e. The van der Waals surface area contributed by atoms with Crippen LogP contribution in [0.15, 0.2) is 17.1 Å². The van der Waals surface area contributed by atoms with Gasteiger partial charge in [-0.25, -0.2) is 9.48 Å². The Kier molecular flexibility index (Phi) is 5.34. The zero-order valence-corrected chi connectivity index (χ0v) is 14.1. The van der Waals surface area contributed by atoms with Crippen molar-refractivity contribution in [3.05, 3.63) is 22.6 Å². The molecule has 132 valence electrons. The summed E-state index contributed by atoms with van der Waals surface area (Å²) in [4.78, 5) is 27.7. The van der Waals surface area contributed by atoms with E-state index in [0.717, 1.165) is 44.6 Å². The van der Waals surface area contributed by atoms with Crippen LogP contribution in [0.5, 0.6) is 0 Å². The predicted octanol–water partition coefficient (Wildman–Crippen LogP) is 0.181. The summed E-state index contributed by atoms with van der Waals surface area (Å²) in [6.45, 7) is 4.37. The lowest BCUT2D eigenvalue weighted by Gasteiger charge is -2.34. The van der Waals surface area contributed by atoms with Gasteiger partial charge in [-0.3, -0.25) is 4.79 Å². The van der Waals surface area contributed by atoms with Crippen molar-refractivity contribution in [2.24, 2.45) is 7.05 Å². The van der Waals surface area contributed by atoms with Gasteiger partial charge in [0.15, 0.2) is 0 Å². The third-order valence-electron chi connectivity index (χ3n) is 4.59. The maximum absolute atomic E-state index is 12.0. The lowest BCUT2D eigenvalue weighted by Crippen LogP contribution is -2.45. The number of rotatable bonds is 4. The fourth-order valence-corrected chi connectivity index (χ4v) is 3.13. The number of nitrogens with zero attached hydrogens (tertiary/aromatic N) is 4. The highest BCUT2D eigenvalue weighted by atomic mass is 16.5. The second-order valence-electron chi connectivity index (χ2n) is 6.33. The molecule has 2 aliphatic rings. The average molecular weight is 335 g/mol. The minimum absolute atomic E-state index is 0.0240. The number of hydrogen-bond donors (Lipinski definition) is 1. The van der Waals surface area contributed by atoms with Gasteiger partial charge in [0.2, 0.25) is 0 Å². The van der Waals surface area contributed by atoms with Gasteiger partial charge in [0.25, 0.3) is 5.56 Å². The fraction of sp³-hybridized carbons (Fsp3) is 0.688. The Morgan fingerprint density at radius 3 is 2.92 bits per heavy atom. The van der Waals surface area contributed by atoms with Crippen molar-refractivity contribution >= 4 is 11.7 Å². The summed E-state index contributed by atoms with van der Waals surface area (Å²) in [5, 5.41) is 7.03. The van der Waals surface area contributed by atoms with Gasteiger partial charge in [0, 0.05) is 45.8 Å². The highest BCUT2D eigenvalue weighted by Crippen LogP contribution is 2.16. The number of nitrogens with one attached hydrogen (secondary N) is 1. The highest BCUT2D eigenvalue weighted by Gasteiger charge is 2.22. The average Bonchev–Trinajstić information content (AvgIpc) is 3.12. The molecule has 0 saturated carbocycles. The van der Waals surface area contributed by atoms with Crippen molar-refractivity contribution in [2.45, 2.75) is 25.4 Å². The molecule has 8 heteroatoms. The van der Waals surface area contributed by atoms with Crippen molar-refractivity contribution in [1.82, 2.24) is 20.0 Å². The van der Waals surface area contributed by atoms with Crippen LogP contribution in [-0.2, 0) is 11.8 Å². The number of morpholine rings is 1. The SMILES string of the molecule is Cn1ncc(N2CCO[C@H](CCNC(=O)N3CCCC3)C2)cc1=O. The lowest BCUT2D eigenvalue weighted by molar-refractivity contribution is 0.0357. The number of amides is 2. The largest absolute Gasteiger partial charge is 0.374 e. The third kappa shape index (κ3) is 4.05. The monoisotopic (exact) mass is 335 g/mol. The second-order valence-corrected chi connectivity index (χ2v) is 6.33. The number of aromatic nitrogens is 2. The van der Waals surface area contributed by atoms with Crippen molar-refractivity contribution < 1.29 is 9.53 Å². The molecular weight excluding hydrogens is 310 g/mol. The van der Waals surface area contributed by atoms with Gasteiger partial charge in [-0.05, 0) is 19.3 Å². The van der Waals surface area contributed by atoms with Gasteiger partial charge in [-0.2, -0.15) is 5.10 Å². The first-order chi connectivity index (χ1) is 11.6. The van der Waals surface area contributed by atoms with E-state index in [0.29, 0.717) is 19.7 Å². The van der Waals surface area contributed by atoms with E-state index < -0.39 is 0 Å². The number of carbonyl (C=O) groups excluding carboxylic acids is 1. The number of carbonyl (C=O) groups is 1. The van der Waals surface area contributed by atoms with Gasteiger partial charge in [-0.15, -0.1) is 0 Å². The van der Waals surface area contributed by atoms with E-state index in [9.17, 15) is 9.59 Å². The molecule has 0 radical (unpaired) electrons.